The van der Waals surface area contributed by atoms with Gasteiger partial charge < -0.3 is 20.3 Å². The number of benzene rings is 2. The number of nitrogens with zero attached hydrogens (tertiary/aromatic N) is 6. The summed E-state index contributed by atoms with van der Waals surface area (Å²) in [6.45, 7) is 3.68. The lowest BCUT2D eigenvalue weighted by Crippen LogP contribution is -2.31. The summed E-state index contributed by atoms with van der Waals surface area (Å²) in [5.41, 5.74) is 12.3. The Labute approximate surface area is 260 Å². The molecule has 9 nitrogen and oxygen atoms in total. The molecule has 1 amide bonds. The monoisotopic (exact) mass is 605 g/mol. The smallest absolute Gasteiger partial charge is 0.261 e. The van der Waals surface area contributed by atoms with Crippen molar-refractivity contribution < 1.29 is 9.53 Å². The Balaban J connectivity index is 1.12. The van der Waals surface area contributed by atoms with Gasteiger partial charge in [-0.3, -0.25) is 4.79 Å². The van der Waals surface area contributed by atoms with E-state index in [2.05, 4.69) is 45.1 Å². The molecule has 224 valence electrons. The summed E-state index contributed by atoms with van der Waals surface area (Å²) in [5, 5.41) is 2.21. The van der Waals surface area contributed by atoms with Gasteiger partial charge in [-0.05, 0) is 87.1 Å². The lowest BCUT2D eigenvalue weighted by molar-refractivity contribution is 0.0984. The Hall–Kier alpha value is -3.99. The number of hydrogen-bond donors (Lipinski definition) is 1. The molecule has 2 N–H and O–H groups in total. The van der Waals surface area contributed by atoms with E-state index < -0.39 is 0 Å². The molecule has 2 aliphatic heterocycles. The molecule has 0 spiro atoms. The van der Waals surface area contributed by atoms with Gasteiger partial charge in [0.05, 0.1) is 46.1 Å². The number of carbonyl (C=O) groups excluding carboxylic acids is 1. The van der Waals surface area contributed by atoms with Gasteiger partial charge in [-0.15, -0.1) is 11.3 Å². The van der Waals surface area contributed by atoms with Crippen molar-refractivity contribution in [2.75, 3.05) is 30.8 Å². The zero-order valence-electron chi connectivity index (χ0n) is 24.8. The maximum Gasteiger partial charge on any atom is 0.261 e. The summed E-state index contributed by atoms with van der Waals surface area (Å²) in [5.74, 6) is 2.28. The van der Waals surface area contributed by atoms with E-state index in [-0.39, 0.29) is 5.91 Å². The van der Waals surface area contributed by atoms with Gasteiger partial charge in [0.15, 0.2) is 0 Å². The van der Waals surface area contributed by atoms with Crippen molar-refractivity contribution >= 4 is 49.9 Å². The predicted octanol–water partition coefficient (Wildman–Crippen LogP) is 5.86. The SMILES string of the molecule is CN1CCC(Cc2nc3cc(N(Cc4ccc5c6c(c(N)nc5c4)COC6)C(=O)c4cnc(C5CC5)nc4)ccc3s2)CC1. The summed E-state index contributed by atoms with van der Waals surface area (Å²) in [7, 11) is 2.20. The highest BCUT2D eigenvalue weighted by Gasteiger charge is 2.28. The highest BCUT2D eigenvalue weighted by atomic mass is 32.1. The summed E-state index contributed by atoms with van der Waals surface area (Å²) in [6, 6.07) is 12.3. The first-order valence-corrected chi connectivity index (χ1v) is 16.3. The van der Waals surface area contributed by atoms with E-state index in [4.69, 9.17) is 15.5 Å². The molecule has 1 saturated carbocycles. The van der Waals surface area contributed by atoms with Gasteiger partial charge in [-0.1, -0.05) is 12.1 Å². The Kier molecular flexibility index (Phi) is 7.00. The number of nitrogen functional groups attached to an aromatic ring is 1. The Morgan fingerprint density at radius 2 is 1.80 bits per heavy atom. The normalized spacial score (nSPS) is 17.4. The maximum atomic E-state index is 14.1. The highest BCUT2D eigenvalue weighted by Crippen LogP contribution is 2.38. The minimum absolute atomic E-state index is 0.150. The fraction of sp³-hybridized carbons (Fsp3) is 0.382. The number of fused-ring (bicyclic) bond motifs is 4. The highest BCUT2D eigenvalue weighted by molar-refractivity contribution is 7.18. The number of nitrogens with two attached hydrogens (primary N) is 1. The number of anilines is 2. The number of rotatable bonds is 7. The Bertz CT molecular complexity index is 1880. The number of piperidine rings is 1. The largest absolute Gasteiger partial charge is 0.383 e. The molecule has 0 bridgehead atoms. The predicted molar refractivity (Wildman–Crippen MR) is 173 cm³/mol. The second-order valence-electron chi connectivity index (χ2n) is 12.5. The summed E-state index contributed by atoms with van der Waals surface area (Å²) in [6.07, 6.45) is 9.00. The number of amides is 1. The number of hydrogen-bond acceptors (Lipinski definition) is 9. The molecule has 3 aromatic heterocycles. The summed E-state index contributed by atoms with van der Waals surface area (Å²) < 4.78 is 6.80. The average molecular weight is 606 g/mol. The van der Waals surface area contributed by atoms with Crippen LogP contribution in [0.3, 0.4) is 0 Å². The third-order valence-electron chi connectivity index (χ3n) is 9.27. The third-order valence-corrected chi connectivity index (χ3v) is 10.3. The second-order valence-corrected chi connectivity index (χ2v) is 13.6. The summed E-state index contributed by atoms with van der Waals surface area (Å²) >= 11 is 1.77. The lowest BCUT2D eigenvalue weighted by Gasteiger charge is -2.28. The van der Waals surface area contributed by atoms with Crippen LogP contribution in [-0.4, -0.2) is 50.9 Å². The first-order valence-electron chi connectivity index (χ1n) is 15.5. The molecule has 44 heavy (non-hydrogen) atoms. The minimum Gasteiger partial charge on any atom is -0.383 e. The van der Waals surface area contributed by atoms with Crippen molar-refractivity contribution in [1.29, 1.82) is 0 Å². The average Bonchev–Trinajstić information content (AvgIpc) is 3.62. The van der Waals surface area contributed by atoms with E-state index in [9.17, 15) is 4.79 Å². The van der Waals surface area contributed by atoms with Crippen LogP contribution in [0.4, 0.5) is 11.5 Å². The van der Waals surface area contributed by atoms with E-state index in [1.807, 2.05) is 18.2 Å². The molecule has 5 aromatic rings. The van der Waals surface area contributed by atoms with Gasteiger partial charge in [0, 0.05) is 41.4 Å². The molecule has 0 atom stereocenters. The zero-order chi connectivity index (χ0) is 29.8. The number of ether oxygens (including phenoxy) is 1. The van der Waals surface area contributed by atoms with Crippen LogP contribution in [0.5, 0.6) is 0 Å². The molecular formula is C34H35N7O2S. The molecule has 2 fully saturated rings. The van der Waals surface area contributed by atoms with Gasteiger partial charge in [-0.25, -0.2) is 19.9 Å². The second kappa shape index (κ2) is 11.2. The van der Waals surface area contributed by atoms with Crippen LogP contribution in [0.15, 0.2) is 48.8 Å². The molecule has 0 radical (unpaired) electrons. The number of aromatic nitrogens is 4. The molecule has 1 aliphatic carbocycles. The number of carbonyl (C=O) groups is 1. The standard InChI is InChI=1S/C34H35N7O2S/c1-40-10-8-20(9-11-40)13-31-38-29-14-24(5-7-30(29)44-31)41(34(42)23-15-36-33(37-16-23)22-3-4-22)17-21-2-6-25-26-18-43-19-27(26)32(35)39-28(25)12-21/h2,5-7,12,14-16,20,22H,3-4,8-11,13,17-19H2,1H3,(H2,35,39). The molecule has 0 unspecified atom stereocenters. The van der Waals surface area contributed by atoms with E-state index in [0.29, 0.717) is 43.0 Å². The van der Waals surface area contributed by atoms with Crippen LogP contribution in [0.1, 0.15) is 69.5 Å². The van der Waals surface area contributed by atoms with Crippen LogP contribution in [0.25, 0.3) is 21.1 Å². The van der Waals surface area contributed by atoms with Gasteiger partial charge in [0.2, 0.25) is 0 Å². The van der Waals surface area contributed by atoms with Gasteiger partial charge in [-0.2, -0.15) is 0 Å². The number of thiazole rings is 1. The fourth-order valence-electron chi connectivity index (χ4n) is 6.47. The molecule has 5 heterocycles. The van der Waals surface area contributed by atoms with E-state index in [0.717, 1.165) is 81.7 Å². The van der Waals surface area contributed by atoms with Crippen molar-refractivity contribution in [3.05, 3.63) is 81.9 Å². The van der Waals surface area contributed by atoms with Crippen molar-refractivity contribution in [2.45, 2.75) is 57.8 Å². The fourth-order valence-corrected chi connectivity index (χ4v) is 7.53. The number of pyridine rings is 1. The minimum atomic E-state index is -0.150. The molecule has 1 saturated heterocycles. The first-order chi connectivity index (χ1) is 21.5. The molecule has 10 heteroatoms. The topological polar surface area (TPSA) is 110 Å². The van der Waals surface area contributed by atoms with Gasteiger partial charge in [0.25, 0.3) is 5.91 Å². The van der Waals surface area contributed by atoms with Crippen LogP contribution >= 0.6 is 11.3 Å². The van der Waals surface area contributed by atoms with Crippen molar-refractivity contribution in [2.24, 2.45) is 5.92 Å². The van der Waals surface area contributed by atoms with Crippen molar-refractivity contribution in [3.63, 3.8) is 0 Å². The molecule has 3 aliphatic rings. The van der Waals surface area contributed by atoms with E-state index >= 15 is 0 Å². The van der Waals surface area contributed by atoms with E-state index in [1.165, 1.54) is 17.8 Å². The van der Waals surface area contributed by atoms with Gasteiger partial charge in [0.1, 0.15) is 11.6 Å². The van der Waals surface area contributed by atoms with Crippen LogP contribution < -0.4 is 10.6 Å². The summed E-state index contributed by atoms with van der Waals surface area (Å²) in [4.78, 5) is 37.1. The van der Waals surface area contributed by atoms with E-state index in [1.54, 1.807) is 28.6 Å². The maximum absolute atomic E-state index is 14.1. The Morgan fingerprint density at radius 3 is 2.59 bits per heavy atom. The van der Waals surface area contributed by atoms with Gasteiger partial charge >= 0.3 is 0 Å². The quantitative estimate of drug-likeness (QED) is 0.246. The molecular weight excluding hydrogens is 570 g/mol. The molecule has 2 aromatic carbocycles. The zero-order valence-corrected chi connectivity index (χ0v) is 25.6. The van der Waals surface area contributed by atoms with Crippen LogP contribution in [0, 0.1) is 5.92 Å². The number of likely N-dealkylation sites (tertiary alicyclic amines) is 1. The van der Waals surface area contributed by atoms with Crippen LogP contribution in [0.2, 0.25) is 0 Å². The van der Waals surface area contributed by atoms with Crippen molar-refractivity contribution in [3.8, 4) is 0 Å². The third kappa shape index (κ3) is 5.31. The van der Waals surface area contributed by atoms with Crippen LogP contribution in [-0.2, 0) is 30.9 Å². The van der Waals surface area contributed by atoms with Crippen molar-refractivity contribution in [1.82, 2.24) is 24.8 Å². The lowest BCUT2D eigenvalue weighted by atomic mass is 9.94. The first kappa shape index (κ1) is 27.6. The Morgan fingerprint density at radius 1 is 1.00 bits per heavy atom. The molecule has 8 rings (SSSR count).